The molecule has 2 bridgehead atoms. The van der Waals surface area contributed by atoms with E-state index in [4.69, 9.17) is 11.6 Å². The van der Waals surface area contributed by atoms with Gasteiger partial charge in [-0.3, -0.25) is 0 Å². The van der Waals surface area contributed by atoms with Crippen LogP contribution in [0.2, 0.25) is 5.28 Å². The third-order valence-corrected chi connectivity index (χ3v) is 6.12. The fourth-order valence-corrected chi connectivity index (χ4v) is 4.47. The zero-order chi connectivity index (χ0) is 17.9. The molecule has 2 aromatic rings. The van der Waals surface area contributed by atoms with Crippen LogP contribution >= 0.6 is 27.5 Å². The maximum absolute atomic E-state index is 13.4. The van der Waals surface area contributed by atoms with Gasteiger partial charge in [0.2, 0.25) is 5.28 Å². The fraction of sp³-hybridized carbons (Fsp3) is 0.500. The third kappa shape index (κ3) is 2.98. The van der Waals surface area contributed by atoms with Gasteiger partial charge < -0.3 is 10.2 Å². The Balaban J connectivity index is 1.93. The average Bonchev–Trinajstić information content (AvgIpc) is 2.87. The Morgan fingerprint density at radius 3 is 2.48 bits per heavy atom. The number of alkyl halides is 3. The number of aryl methyl sites for hydroxylation is 1. The lowest BCUT2D eigenvalue weighted by Crippen LogP contribution is -2.51. The molecule has 2 atom stereocenters. The Morgan fingerprint density at radius 1 is 1.24 bits per heavy atom. The van der Waals surface area contributed by atoms with Gasteiger partial charge in [-0.15, -0.1) is 0 Å². The number of rotatable bonds is 1. The lowest BCUT2D eigenvalue weighted by molar-refractivity contribution is -0.138. The molecule has 0 saturated carbocycles. The molecule has 4 rings (SSSR count). The molecule has 1 aromatic heterocycles. The minimum atomic E-state index is -4.46. The molecule has 9 heteroatoms. The second kappa shape index (κ2) is 5.96. The Morgan fingerprint density at radius 2 is 1.88 bits per heavy atom. The van der Waals surface area contributed by atoms with E-state index in [0.717, 1.165) is 18.9 Å². The molecule has 0 radical (unpaired) electrons. The number of hydrogen-bond donors (Lipinski definition) is 1. The van der Waals surface area contributed by atoms with Crippen molar-refractivity contribution in [2.75, 3.05) is 18.0 Å². The first-order valence-electron chi connectivity index (χ1n) is 7.98. The number of anilines is 1. The monoisotopic (exact) mass is 434 g/mol. The quantitative estimate of drug-likeness (QED) is 0.678. The number of hydrogen-bond acceptors (Lipinski definition) is 4. The number of nitrogens with one attached hydrogen (secondary N) is 1. The summed E-state index contributed by atoms with van der Waals surface area (Å²) in [6, 6.07) is 1.80. The molecule has 1 aromatic carbocycles. The van der Waals surface area contributed by atoms with Crippen molar-refractivity contribution in [1.29, 1.82) is 0 Å². The number of benzene rings is 1. The zero-order valence-electron chi connectivity index (χ0n) is 13.3. The number of halogens is 5. The van der Waals surface area contributed by atoms with Crippen molar-refractivity contribution in [2.24, 2.45) is 0 Å². The first-order valence-corrected chi connectivity index (χ1v) is 9.15. The summed E-state index contributed by atoms with van der Waals surface area (Å²) in [7, 11) is 0. The van der Waals surface area contributed by atoms with Crippen LogP contribution in [0, 0.1) is 6.92 Å². The van der Waals surface area contributed by atoms with Crippen molar-refractivity contribution >= 4 is 44.3 Å². The molecular formula is C16H15BrClF3N4. The van der Waals surface area contributed by atoms with Crippen LogP contribution < -0.4 is 10.2 Å². The molecule has 0 spiro atoms. The SMILES string of the molecule is Cc1c(Br)c(C(F)(F)F)cc2c(N3CC4CCC(C3)N4)nc(Cl)nc12. The van der Waals surface area contributed by atoms with E-state index in [1.807, 2.05) is 4.90 Å². The highest BCUT2D eigenvalue weighted by atomic mass is 79.9. The fourth-order valence-electron chi connectivity index (χ4n) is 3.78. The minimum Gasteiger partial charge on any atom is -0.353 e. The van der Waals surface area contributed by atoms with E-state index in [-0.39, 0.29) is 9.76 Å². The molecule has 2 fully saturated rings. The van der Waals surface area contributed by atoms with E-state index in [0.29, 0.717) is 47.5 Å². The Labute approximate surface area is 155 Å². The summed E-state index contributed by atoms with van der Waals surface area (Å²) in [5.74, 6) is 0.481. The topological polar surface area (TPSA) is 41.0 Å². The summed E-state index contributed by atoms with van der Waals surface area (Å²) >= 11 is 9.15. The molecule has 2 unspecified atom stereocenters. The van der Waals surface area contributed by atoms with E-state index >= 15 is 0 Å². The predicted octanol–water partition coefficient (Wildman–Crippen LogP) is 4.31. The summed E-state index contributed by atoms with van der Waals surface area (Å²) in [5.41, 5.74) is 0.136. The van der Waals surface area contributed by atoms with Crippen LogP contribution in [-0.2, 0) is 6.18 Å². The largest absolute Gasteiger partial charge is 0.417 e. The molecule has 2 aliphatic rings. The van der Waals surface area contributed by atoms with Crippen molar-refractivity contribution in [3.8, 4) is 0 Å². The van der Waals surface area contributed by atoms with Gasteiger partial charge in [0.05, 0.1) is 11.1 Å². The number of piperazine rings is 1. The maximum Gasteiger partial charge on any atom is 0.417 e. The van der Waals surface area contributed by atoms with Gasteiger partial charge >= 0.3 is 6.18 Å². The highest BCUT2D eigenvalue weighted by Crippen LogP contribution is 2.42. The summed E-state index contributed by atoms with van der Waals surface area (Å²) in [6.07, 6.45) is -2.33. The van der Waals surface area contributed by atoms with Crippen molar-refractivity contribution in [3.05, 3.63) is 26.9 Å². The van der Waals surface area contributed by atoms with E-state index in [9.17, 15) is 13.2 Å². The lowest BCUT2D eigenvalue weighted by Gasteiger charge is -2.34. The van der Waals surface area contributed by atoms with Gasteiger partial charge in [0.1, 0.15) is 5.82 Å². The Kier molecular flexibility index (Phi) is 4.12. The third-order valence-electron chi connectivity index (χ3n) is 4.93. The van der Waals surface area contributed by atoms with Crippen LogP contribution in [0.25, 0.3) is 10.9 Å². The van der Waals surface area contributed by atoms with Crippen LogP contribution in [-0.4, -0.2) is 35.1 Å². The van der Waals surface area contributed by atoms with Crippen LogP contribution in [0.3, 0.4) is 0 Å². The molecule has 2 saturated heterocycles. The normalized spacial score (nSPS) is 23.5. The van der Waals surface area contributed by atoms with Crippen molar-refractivity contribution in [3.63, 3.8) is 0 Å². The van der Waals surface area contributed by atoms with Gasteiger partial charge in [0.25, 0.3) is 0 Å². The highest BCUT2D eigenvalue weighted by molar-refractivity contribution is 9.10. The van der Waals surface area contributed by atoms with Gasteiger partial charge in [0.15, 0.2) is 0 Å². The summed E-state index contributed by atoms with van der Waals surface area (Å²) in [5, 5.41) is 3.94. The van der Waals surface area contributed by atoms with E-state index < -0.39 is 11.7 Å². The predicted molar refractivity (Wildman–Crippen MR) is 94.1 cm³/mol. The first kappa shape index (κ1) is 17.3. The first-order chi connectivity index (χ1) is 11.7. The van der Waals surface area contributed by atoms with Crippen LogP contribution in [0.1, 0.15) is 24.0 Å². The van der Waals surface area contributed by atoms with Gasteiger partial charge in [-0.2, -0.15) is 18.2 Å². The van der Waals surface area contributed by atoms with Gasteiger partial charge in [-0.05, 0) is 58.9 Å². The van der Waals surface area contributed by atoms with Crippen LogP contribution in [0.4, 0.5) is 19.0 Å². The van der Waals surface area contributed by atoms with Gasteiger partial charge in [-0.1, -0.05) is 0 Å². The minimum absolute atomic E-state index is 0.00593. The van der Waals surface area contributed by atoms with E-state index in [1.54, 1.807) is 6.92 Å². The molecule has 0 aliphatic carbocycles. The number of aromatic nitrogens is 2. The Bertz CT molecular complexity index is 846. The van der Waals surface area contributed by atoms with Crippen LogP contribution in [0.15, 0.2) is 10.5 Å². The van der Waals surface area contributed by atoms with Gasteiger partial charge in [-0.25, -0.2) is 4.98 Å². The molecule has 25 heavy (non-hydrogen) atoms. The van der Waals surface area contributed by atoms with Crippen molar-refractivity contribution in [2.45, 2.75) is 38.0 Å². The summed E-state index contributed by atoms with van der Waals surface area (Å²) in [6.45, 7) is 3.01. The smallest absolute Gasteiger partial charge is 0.353 e. The standard InChI is InChI=1S/C16H15BrClF3N4/c1-7-12(17)11(16(19,20)21)4-10-13(7)23-15(18)24-14(10)25-5-8-2-3-9(6-25)22-8/h4,8-9,22H,2-3,5-6H2,1H3. The molecule has 3 heterocycles. The lowest BCUT2D eigenvalue weighted by atomic mass is 10.0. The second-order valence-corrected chi connectivity index (χ2v) is 7.75. The summed E-state index contributed by atoms with van der Waals surface area (Å²) in [4.78, 5) is 10.5. The Hall–Kier alpha value is -1.12. The molecule has 134 valence electrons. The van der Waals surface area contributed by atoms with Crippen molar-refractivity contribution < 1.29 is 13.2 Å². The molecule has 1 N–H and O–H groups in total. The average molecular weight is 436 g/mol. The number of fused-ring (bicyclic) bond motifs is 3. The van der Waals surface area contributed by atoms with Crippen molar-refractivity contribution in [1.82, 2.24) is 15.3 Å². The summed E-state index contributed by atoms with van der Waals surface area (Å²) < 4.78 is 40.3. The van der Waals surface area contributed by atoms with E-state index in [2.05, 4.69) is 31.2 Å². The van der Waals surface area contributed by atoms with Gasteiger partial charge in [0, 0.05) is 35.0 Å². The maximum atomic E-state index is 13.4. The van der Waals surface area contributed by atoms with Crippen LogP contribution in [0.5, 0.6) is 0 Å². The second-order valence-electron chi connectivity index (χ2n) is 6.62. The number of nitrogens with zero attached hydrogens (tertiary/aromatic N) is 3. The van der Waals surface area contributed by atoms with E-state index in [1.165, 1.54) is 0 Å². The molecule has 4 nitrogen and oxygen atoms in total. The highest BCUT2D eigenvalue weighted by Gasteiger charge is 2.37. The molecule has 0 amide bonds. The zero-order valence-corrected chi connectivity index (χ0v) is 15.6. The molecular weight excluding hydrogens is 421 g/mol. The molecule has 2 aliphatic heterocycles.